The van der Waals surface area contributed by atoms with Gasteiger partial charge in [-0.25, -0.2) is 0 Å². The minimum Gasteiger partial charge on any atom is -0.495 e. The zero-order chi connectivity index (χ0) is 20.4. The van der Waals surface area contributed by atoms with E-state index in [1.165, 1.54) is 7.11 Å². The lowest BCUT2D eigenvalue weighted by molar-refractivity contribution is -0.117. The van der Waals surface area contributed by atoms with Gasteiger partial charge in [0.15, 0.2) is 0 Å². The molecule has 1 aromatic heterocycles. The third-order valence-electron chi connectivity index (χ3n) is 4.74. The lowest BCUT2D eigenvalue weighted by atomic mass is 10.1. The maximum Gasteiger partial charge on any atom is 0.255 e. The maximum absolute atomic E-state index is 12.7. The van der Waals surface area contributed by atoms with Crippen molar-refractivity contribution in [3.05, 3.63) is 53.9 Å². The van der Waals surface area contributed by atoms with Crippen molar-refractivity contribution in [2.24, 2.45) is 0 Å². The van der Waals surface area contributed by atoms with E-state index in [-0.39, 0.29) is 11.8 Å². The molecule has 8 heteroatoms. The van der Waals surface area contributed by atoms with Crippen molar-refractivity contribution in [3.63, 3.8) is 0 Å². The van der Waals surface area contributed by atoms with E-state index >= 15 is 0 Å². The summed E-state index contributed by atoms with van der Waals surface area (Å²) >= 11 is 0. The second-order valence-corrected chi connectivity index (χ2v) is 6.69. The van der Waals surface area contributed by atoms with Crippen LogP contribution in [0.2, 0.25) is 0 Å². The molecule has 0 aliphatic carbocycles. The summed E-state index contributed by atoms with van der Waals surface area (Å²) in [4.78, 5) is 26.3. The van der Waals surface area contributed by atoms with Crippen LogP contribution >= 0.6 is 0 Å². The maximum atomic E-state index is 12.7. The largest absolute Gasteiger partial charge is 0.495 e. The smallest absolute Gasteiger partial charge is 0.255 e. The molecule has 1 aliphatic rings. The molecule has 0 bridgehead atoms. The van der Waals surface area contributed by atoms with Crippen LogP contribution in [0.25, 0.3) is 11.5 Å². The molecule has 3 aromatic rings. The highest BCUT2D eigenvalue weighted by Gasteiger charge is 2.22. The third kappa shape index (κ3) is 3.82. The first-order chi connectivity index (χ1) is 14.0. The van der Waals surface area contributed by atoms with Crippen LogP contribution in [0.3, 0.4) is 0 Å². The van der Waals surface area contributed by atoms with Gasteiger partial charge in [0.05, 0.1) is 12.8 Å². The Kier molecular flexibility index (Phi) is 4.99. The highest BCUT2D eigenvalue weighted by atomic mass is 16.5. The van der Waals surface area contributed by atoms with Crippen LogP contribution in [-0.4, -0.2) is 35.7 Å². The first kappa shape index (κ1) is 18.7. The molecule has 1 saturated heterocycles. The van der Waals surface area contributed by atoms with E-state index < -0.39 is 0 Å². The molecule has 29 heavy (non-hydrogen) atoms. The first-order valence-corrected chi connectivity index (χ1v) is 9.25. The fraction of sp³-hybridized carbons (Fsp3) is 0.238. The Morgan fingerprint density at radius 3 is 2.59 bits per heavy atom. The number of aryl methyl sites for hydroxylation is 1. The van der Waals surface area contributed by atoms with Gasteiger partial charge in [-0.15, -0.1) is 10.2 Å². The van der Waals surface area contributed by atoms with Gasteiger partial charge in [-0.05, 0) is 48.9 Å². The second-order valence-electron chi connectivity index (χ2n) is 6.69. The summed E-state index contributed by atoms with van der Waals surface area (Å²) in [5.41, 5.74) is 2.44. The van der Waals surface area contributed by atoms with E-state index in [4.69, 9.17) is 9.15 Å². The van der Waals surface area contributed by atoms with Crippen molar-refractivity contribution in [2.45, 2.75) is 19.8 Å². The molecule has 0 unspecified atom stereocenters. The van der Waals surface area contributed by atoms with Gasteiger partial charge in [-0.1, -0.05) is 0 Å². The van der Waals surface area contributed by atoms with E-state index in [0.717, 1.165) is 12.1 Å². The van der Waals surface area contributed by atoms with Crippen molar-refractivity contribution in [1.82, 2.24) is 10.2 Å². The lowest BCUT2D eigenvalue weighted by Crippen LogP contribution is -2.23. The molecule has 0 radical (unpaired) electrons. The summed E-state index contributed by atoms with van der Waals surface area (Å²) in [7, 11) is 1.53. The zero-order valence-corrected chi connectivity index (χ0v) is 16.1. The Bertz CT molecular complexity index is 1060. The molecule has 1 fully saturated rings. The topological polar surface area (TPSA) is 97.6 Å². The average Bonchev–Trinajstić information content (AvgIpc) is 3.36. The lowest BCUT2D eigenvalue weighted by Gasteiger charge is -2.16. The predicted octanol–water partition coefficient (Wildman–Crippen LogP) is 3.43. The van der Waals surface area contributed by atoms with Crippen molar-refractivity contribution < 1.29 is 18.7 Å². The number of aromatic nitrogens is 2. The van der Waals surface area contributed by atoms with Crippen LogP contribution < -0.4 is 15.0 Å². The van der Waals surface area contributed by atoms with Gasteiger partial charge in [0, 0.05) is 36.7 Å². The molecule has 148 valence electrons. The summed E-state index contributed by atoms with van der Waals surface area (Å²) in [6, 6.07) is 12.2. The second kappa shape index (κ2) is 7.75. The SMILES string of the molecule is COc1ccc(-c2nnc(C)o2)cc1NC(=O)c1ccc(N2CCCC2=O)cc1. The van der Waals surface area contributed by atoms with Crippen molar-refractivity contribution in [3.8, 4) is 17.2 Å². The van der Waals surface area contributed by atoms with E-state index in [1.54, 1.807) is 54.3 Å². The molecule has 2 aromatic carbocycles. The minimum atomic E-state index is -0.290. The number of rotatable bonds is 5. The zero-order valence-electron chi connectivity index (χ0n) is 16.1. The Morgan fingerprint density at radius 2 is 1.97 bits per heavy atom. The summed E-state index contributed by atoms with van der Waals surface area (Å²) in [6.07, 6.45) is 1.43. The number of methoxy groups -OCH3 is 1. The quantitative estimate of drug-likeness (QED) is 0.714. The number of ether oxygens (including phenoxy) is 1. The van der Waals surface area contributed by atoms with E-state index in [1.807, 2.05) is 0 Å². The normalized spacial score (nSPS) is 13.6. The Balaban J connectivity index is 1.55. The first-order valence-electron chi connectivity index (χ1n) is 9.25. The predicted molar refractivity (Wildman–Crippen MR) is 107 cm³/mol. The fourth-order valence-electron chi connectivity index (χ4n) is 3.26. The Labute approximate surface area is 167 Å². The fourth-order valence-corrected chi connectivity index (χ4v) is 3.26. The molecule has 2 heterocycles. The Hall–Kier alpha value is -3.68. The van der Waals surface area contributed by atoms with Crippen LogP contribution in [0.4, 0.5) is 11.4 Å². The molecule has 0 atom stereocenters. The number of nitrogens with zero attached hydrogens (tertiary/aromatic N) is 3. The summed E-state index contributed by atoms with van der Waals surface area (Å²) in [5.74, 6) is 1.15. The number of hydrogen-bond donors (Lipinski definition) is 1. The molecular weight excluding hydrogens is 372 g/mol. The summed E-state index contributed by atoms with van der Waals surface area (Å²) in [6.45, 7) is 2.42. The van der Waals surface area contributed by atoms with Gasteiger partial charge in [0.25, 0.3) is 5.91 Å². The number of carbonyl (C=O) groups excluding carboxylic acids is 2. The molecule has 1 N–H and O–H groups in total. The van der Waals surface area contributed by atoms with Crippen LogP contribution in [0.5, 0.6) is 5.75 Å². The van der Waals surface area contributed by atoms with Crippen LogP contribution in [-0.2, 0) is 4.79 Å². The van der Waals surface area contributed by atoms with Gasteiger partial charge in [0.2, 0.25) is 17.7 Å². The summed E-state index contributed by atoms with van der Waals surface area (Å²) < 4.78 is 10.8. The number of carbonyl (C=O) groups is 2. The number of hydrogen-bond acceptors (Lipinski definition) is 6. The van der Waals surface area contributed by atoms with Crippen LogP contribution in [0, 0.1) is 6.92 Å². The standard InChI is InChI=1S/C21H20N4O4/c1-13-23-24-21(29-13)15-7-10-18(28-2)17(12-15)22-20(27)14-5-8-16(9-6-14)25-11-3-4-19(25)26/h5-10,12H,3-4,11H2,1-2H3,(H,22,27). The number of nitrogens with one attached hydrogen (secondary N) is 1. The van der Waals surface area contributed by atoms with E-state index in [0.29, 0.717) is 47.3 Å². The van der Waals surface area contributed by atoms with E-state index in [2.05, 4.69) is 15.5 Å². The van der Waals surface area contributed by atoms with Crippen molar-refractivity contribution >= 4 is 23.2 Å². The molecule has 2 amide bonds. The molecule has 8 nitrogen and oxygen atoms in total. The van der Waals surface area contributed by atoms with Gasteiger partial charge in [-0.3, -0.25) is 9.59 Å². The number of amides is 2. The van der Waals surface area contributed by atoms with Gasteiger partial charge < -0.3 is 19.4 Å². The van der Waals surface area contributed by atoms with Gasteiger partial charge >= 0.3 is 0 Å². The third-order valence-corrected chi connectivity index (χ3v) is 4.74. The number of benzene rings is 2. The van der Waals surface area contributed by atoms with Crippen molar-refractivity contribution in [2.75, 3.05) is 23.9 Å². The highest BCUT2D eigenvalue weighted by Crippen LogP contribution is 2.30. The van der Waals surface area contributed by atoms with Crippen molar-refractivity contribution in [1.29, 1.82) is 0 Å². The monoisotopic (exact) mass is 392 g/mol. The Morgan fingerprint density at radius 1 is 1.17 bits per heavy atom. The van der Waals surface area contributed by atoms with Crippen LogP contribution in [0.15, 0.2) is 46.9 Å². The molecule has 0 saturated carbocycles. The van der Waals surface area contributed by atoms with Gasteiger partial charge in [-0.2, -0.15) is 0 Å². The molecular formula is C21H20N4O4. The number of anilines is 2. The summed E-state index contributed by atoms with van der Waals surface area (Å²) in [5, 5.41) is 10.7. The van der Waals surface area contributed by atoms with E-state index in [9.17, 15) is 9.59 Å². The molecule has 4 rings (SSSR count). The highest BCUT2D eigenvalue weighted by molar-refractivity contribution is 6.06. The average molecular weight is 392 g/mol. The minimum absolute atomic E-state index is 0.111. The molecule has 1 aliphatic heterocycles. The van der Waals surface area contributed by atoms with Crippen LogP contribution in [0.1, 0.15) is 29.1 Å². The van der Waals surface area contributed by atoms with Gasteiger partial charge in [0.1, 0.15) is 5.75 Å². The molecule has 0 spiro atoms.